The van der Waals surface area contributed by atoms with E-state index < -0.39 is 0 Å². The molecule has 2 aromatic rings. The largest absolute Gasteiger partial charge is 0.374 e. The highest BCUT2D eigenvalue weighted by Crippen LogP contribution is 2.08. The van der Waals surface area contributed by atoms with Gasteiger partial charge in [-0.15, -0.1) is 5.10 Å². The molecular formula is C15H22N6O. The Hall–Kier alpha value is -1.99. The molecule has 2 aromatic heterocycles. The molecule has 1 N–H and O–H groups in total. The zero-order valence-electron chi connectivity index (χ0n) is 12.9. The summed E-state index contributed by atoms with van der Waals surface area (Å²) in [4.78, 5) is 2.44. The summed E-state index contributed by atoms with van der Waals surface area (Å²) in [5, 5.41) is 15.4. The summed E-state index contributed by atoms with van der Waals surface area (Å²) in [5.74, 6) is 0.790. The van der Waals surface area contributed by atoms with Crippen molar-refractivity contribution in [3.8, 4) is 0 Å². The highest BCUT2D eigenvalue weighted by atomic mass is 16.5. The van der Waals surface area contributed by atoms with E-state index in [1.807, 2.05) is 30.1 Å². The van der Waals surface area contributed by atoms with E-state index in [0.29, 0.717) is 0 Å². The molecule has 1 aliphatic rings. The van der Waals surface area contributed by atoms with E-state index in [4.69, 9.17) is 4.74 Å². The topological polar surface area (TPSA) is 68.1 Å². The van der Waals surface area contributed by atoms with Crippen LogP contribution in [0.2, 0.25) is 0 Å². The van der Waals surface area contributed by atoms with Gasteiger partial charge in [-0.05, 0) is 24.1 Å². The molecule has 0 spiro atoms. The first kappa shape index (κ1) is 14.9. The number of morpholine rings is 1. The van der Waals surface area contributed by atoms with Gasteiger partial charge < -0.3 is 10.1 Å². The van der Waals surface area contributed by atoms with E-state index in [0.717, 1.165) is 45.0 Å². The molecule has 1 fully saturated rings. The first-order chi connectivity index (χ1) is 10.8. The fourth-order valence-corrected chi connectivity index (χ4v) is 2.61. The molecule has 7 nitrogen and oxygen atoms in total. The number of aromatic nitrogens is 4. The fraction of sp³-hybridized carbons (Fsp3) is 0.533. The van der Waals surface area contributed by atoms with Gasteiger partial charge in [0.25, 0.3) is 0 Å². The smallest absolute Gasteiger partial charge is 0.148 e. The molecule has 0 aliphatic carbocycles. The van der Waals surface area contributed by atoms with E-state index in [1.165, 1.54) is 5.56 Å². The van der Waals surface area contributed by atoms with Crippen molar-refractivity contribution < 1.29 is 4.74 Å². The molecule has 7 heteroatoms. The first-order valence-electron chi connectivity index (χ1n) is 7.62. The number of nitrogens with one attached hydrogen (secondary N) is 1. The van der Waals surface area contributed by atoms with Crippen LogP contribution in [0.5, 0.6) is 0 Å². The van der Waals surface area contributed by atoms with Crippen LogP contribution in [-0.4, -0.2) is 63.8 Å². The van der Waals surface area contributed by atoms with Gasteiger partial charge in [-0.1, -0.05) is 0 Å². The van der Waals surface area contributed by atoms with Crippen LogP contribution in [0.4, 0.5) is 5.82 Å². The van der Waals surface area contributed by atoms with Gasteiger partial charge in [0, 0.05) is 45.6 Å². The van der Waals surface area contributed by atoms with E-state index >= 15 is 0 Å². The molecule has 1 saturated heterocycles. The number of nitrogens with zero attached hydrogens (tertiary/aromatic N) is 5. The van der Waals surface area contributed by atoms with Crippen LogP contribution in [0.3, 0.4) is 0 Å². The molecule has 22 heavy (non-hydrogen) atoms. The molecule has 0 amide bonds. The molecule has 1 aliphatic heterocycles. The third-order valence-corrected chi connectivity index (χ3v) is 3.78. The predicted octanol–water partition coefficient (Wildman–Crippen LogP) is 0.565. The van der Waals surface area contributed by atoms with Gasteiger partial charge in [0.15, 0.2) is 0 Å². The zero-order valence-corrected chi connectivity index (χ0v) is 12.9. The van der Waals surface area contributed by atoms with Gasteiger partial charge in [-0.3, -0.25) is 9.58 Å². The Morgan fingerprint density at radius 3 is 3.18 bits per heavy atom. The third kappa shape index (κ3) is 4.25. The number of rotatable bonds is 6. The van der Waals surface area contributed by atoms with Gasteiger partial charge in [-0.2, -0.15) is 10.2 Å². The molecule has 0 saturated carbocycles. The highest BCUT2D eigenvalue weighted by molar-refractivity contribution is 5.31. The summed E-state index contributed by atoms with van der Waals surface area (Å²) in [7, 11) is 1.95. The minimum Gasteiger partial charge on any atom is -0.374 e. The summed E-state index contributed by atoms with van der Waals surface area (Å²) < 4.78 is 7.67. The maximum atomic E-state index is 5.82. The third-order valence-electron chi connectivity index (χ3n) is 3.78. The van der Waals surface area contributed by atoms with Crippen molar-refractivity contribution >= 4 is 5.82 Å². The van der Waals surface area contributed by atoms with Gasteiger partial charge in [-0.25, -0.2) is 0 Å². The van der Waals surface area contributed by atoms with Crippen LogP contribution in [0, 0.1) is 0 Å². The molecule has 0 bridgehead atoms. The maximum Gasteiger partial charge on any atom is 0.148 e. The zero-order chi connectivity index (χ0) is 15.2. The van der Waals surface area contributed by atoms with Crippen molar-refractivity contribution in [2.75, 3.05) is 38.1 Å². The van der Waals surface area contributed by atoms with Crippen molar-refractivity contribution in [2.45, 2.75) is 12.5 Å². The highest BCUT2D eigenvalue weighted by Gasteiger charge is 2.20. The monoisotopic (exact) mass is 302 g/mol. The van der Waals surface area contributed by atoms with Crippen LogP contribution in [0.1, 0.15) is 5.56 Å². The van der Waals surface area contributed by atoms with Gasteiger partial charge >= 0.3 is 0 Å². The average Bonchev–Trinajstić information content (AvgIpc) is 2.98. The first-order valence-corrected chi connectivity index (χ1v) is 7.62. The quantitative estimate of drug-likeness (QED) is 0.841. The lowest BCUT2D eigenvalue weighted by atomic mass is 10.2. The number of hydrogen-bond donors (Lipinski definition) is 1. The van der Waals surface area contributed by atoms with Crippen LogP contribution >= 0.6 is 0 Å². The van der Waals surface area contributed by atoms with Crippen LogP contribution in [-0.2, 0) is 18.2 Å². The Morgan fingerprint density at radius 2 is 2.41 bits per heavy atom. The van der Waals surface area contributed by atoms with Crippen molar-refractivity contribution in [2.24, 2.45) is 7.05 Å². The van der Waals surface area contributed by atoms with Gasteiger partial charge in [0.05, 0.1) is 18.9 Å². The lowest BCUT2D eigenvalue weighted by molar-refractivity contribution is -0.0206. The summed E-state index contributed by atoms with van der Waals surface area (Å²) in [6.07, 6.45) is 6.89. The SMILES string of the molecule is Cn1cc(CCN2CCO[C@@H](CNc3cccnn3)C2)cn1. The Balaban J connectivity index is 1.43. The van der Waals surface area contributed by atoms with Gasteiger partial charge in [0.1, 0.15) is 5.82 Å². The number of anilines is 1. The average molecular weight is 302 g/mol. The van der Waals surface area contributed by atoms with Crippen molar-refractivity contribution in [1.82, 2.24) is 24.9 Å². The Labute approximate surface area is 130 Å². The van der Waals surface area contributed by atoms with Gasteiger partial charge in [0.2, 0.25) is 0 Å². The summed E-state index contributed by atoms with van der Waals surface area (Å²) in [5.41, 5.74) is 1.28. The minimum atomic E-state index is 0.185. The lowest BCUT2D eigenvalue weighted by Gasteiger charge is -2.33. The number of aryl methyl sites for hydroxylation is 1. The molecule has 3 heterocycles. The van der Waals surface area contributed by atoms with Crippen LogP contribution in [0.25, 0.3) is 0 Å². The summed E-state index contributed by atoms with van der Waals surface area (Å²) in [6, 6.07) is 3.78. The normalized spacial score (nSPS) is 19.2. The molecule has 0 unspecified atom stereocenters. The predicted molar refractivity (Wildman–Crippen MR) is 83.6 cm³/mol. The lowest BCUT2D eigenvalue weighted by Crippen LogP contribution is -2.45. The van der Waals surface area contributed by atoms with Crippen LogP contribution < -0.4 is 5.32 Å². The van der Waals surface area contributed by atoms with E-state index in [9.17, 15) is 0 Å². The second-order valence-corrected chi connectivity index (χ2v) is 5.56. The number of hydrogen-bond acceptors (Lipinski definition) is 6. The van der Waals surface area contributed by atoms with E-state index in [-0.39, 0.29) is 6.10 Å². The van der Waals surface area contributed by atoms with E-state index in [2.05, 4.69) is 31.7 Å². The Kier molecular flexibility index (Phi) is 4.97. The number of ether oxygens (including phenoxy) is 1. The molecule has 0 radical (unpaired) electrons. The molecule has 3 rings (SSSR count). The molecule has 0 aromatic carbocycles. The van der Waals surface area contributed by atoms with Crippen LogP contribution in [0.15, 0.2) is 30.7 Å². The minimum absolute atomic E-state index is 0.185. The second-order valence-electron chi connectivity index (χ2n) is 5.56. The molecule has 118 valence electrons. The summed E-state index contributed by atoms with van der Waals surface area (Å²) in [6.45, 7) is 4.49. The molecular weight excluding hydrogens is 280 g/mol. The fourth-order valence-electron chi connectivity index (χ4n) is 2.61. The van der Waals surface area contributed by atoms with E-state index in [1.54, 1.807) is 6.20 Å². The Bertz CT molecular complexity index is 572. The second kappa shape index (κ2) is 7.33. The standard InChI is InChI=1S/C15H22N6O/c1-20-11-13(9-18-20)4-6-21-7-8-22-14(12-21)10-16-15-3-2-5-17-19-15/h2-3,5,9,11,14H,4,6-8,10,12H2,1H3,(H,16,19)/t14-/m0/s1. The Morgan fingerprint density at radius 1 is 1.45 bits per heavy atom. The van der Waals surface area contributed by atoms with Crippen molar-refractivity contribution in [3.63, 3.8) is 0 Å². The summed E-state index contributed by atoms with van der Waals surface area (Å²) >= 11 is 0. The molecule has 1 atom stereocenters. The van der Waals surface area contributed by atoms with Crippen molar-refractivity contribution in [1.29, 1.82) is 0 Å². The maximum absolute atomic E-state index is 5.82. The van der Waals surface area contributed by atoms with Crippen molar-refractivity contribution in [3.05, 3.63) is 36.3 Å².